The highest BCUT2D eigenvalue weighted by Gasteiger charge is 2.22. The van der Waals surface area contributed by atoms with Gasteiger partial charge in [0.1, 0.15) is 5.75 Å². The van der Waals surface area contributed by atoms with Gasteiger partial charge in [0.2, 0.25) is 0 Å². The van der Waals surface area contributed by atoms with Crippen LogP contribution in [0.5, 0.6) is 5.75 Å². The van der Waals surface area contributed by atoms with Gasteiger partial charge in [-0.15, -0.1) is 0 Å². The molecule has 1 saturated heterocycles. The van der Waals surface area contributed by atoms with Crippen LogP contribution in [0.25, 0.3) is 0 Å². The monoisotopic (exact) mass is 248 g/mol. The Morgan fingerprint density at radius 3 is 2.78 bits per heavy atom. The van der Waals surface area contributed by atoms with Gasteiger partial charge in [-0.05, 0) is 23.6 Å². The van der Waals surface area contributed by atoms with E-state index in [9.17, 15) is 0 Å². The molecule has 0 aliphatic carbocycles. The summed E-state index contributed by atoms with van der Waals surface area (Å²) in [7, 11) is 1.72. The van der Waals surface area contributed by atoms with Gasteiger partial charge in [-0.3, -0.25) is 0 Å². The number of benzene rings is 1. The Morgan fingerprint density at radius 2 is 2.17 bits per heavy atom. The minimum atomic E-state index is 0.131. The molecule has 3 heteroatoms. The average molecular weight is 248 g/mol. The molecule has 2 N–H and O–H groups in total. The number of nitrogens with one attached hydrogen (secondary N) is 2. The van der Waals surface area contributed by atoms with E-state index in [4.69, 9.17) is 4.74 Å². The first-order valence-electron chi connectivity index (χ1n) is 6.68. The summed E-state index contributed by atoms with van der Waals surface area (Å²) in [5.74, 6) is 1.75. The van der Waals surface area contributed by atoms with Gasteiger partial charge in [-0.2, -0.15) is 0 Å². The Balaban J connectivity index is 1.90. The molecule has 2 rings (SSSR count). The number of hydrogen-bond acceptors (Lipinski definition) is 3. The highest BCUT2D eigenvalue weighted by molar-refractivity contribution is 5.33. The molecule has 0 radical (unpaired) electrons. The van der Waals surface area contributed by atoms with Crippen LogP contribution in [0.4, 0.5) is 0 Å². The van der Waals surface area contributed by atoms with Crippen LogP contribution in [0.3, 0.4) is 0 Å². The molecule has 1 aromatic carbocycles. The lowest BCUT2D eigenvalue weighted by atomic mass is 9.84. The molecule has 0 amide bonds. The molecule has 0 bridgehead atoms. The van der Waals surface area contributed by atoms with Crippen molar-refractivity contribution in [3.05, 3.63) is 29.8 Å². The topological polar surface area (TPSA) is 33.3 Å². The van der Waals surface area contributed by atoms with Crippen LogP contribution in [-0.4, -0.2) is 33.3 Å². The molecule has 3 nitrogen and oxygen atoms in total. The normalized spacial score (nSPS) is 16.4. The van der Waals surface area contributed by atoms with E-state index in [2.05, 4.69) is 42.7 Å². The van der Waals surface area contributed by atoms with E-state index in [1.54, 1.807) is 7.11 Å². The average Bonchev–Trinajstić information content (AvgIpc) is 2.32. The van der Waals surface area contributed by atoms with Crippen LogP contribution >= 0.6 is 0 Å². The summed E-state index contributed by atoms with van der Waals surface area (Å²) >= 11 is 0. The zero-order valence-electron chi connectivity index (χ0n) is 11.6. The molecule has 1 fully saturated rings. The number of hydrogen-bond donors (Lipinski definition) is 2. The van der Waals surface area contributed by atoms with Crippen molar-refractivity contribution < 1.29 is 4.74 Å². The van der Waals surface area contributed by atoms with Gasteiger partial charge < -0.3 is 15.4 Å². The zero-order valence-corrected chi connectivity index (χ0v) is 11.6. The molecular formula is C15H24N2O. The molecule has 0 atom stereocenters. The van der Waals surface area contributed by atoms with Crippen molar-refractivity contribution in [3.63, 3.8) is 0 Å². The third kappa shape index (κ3) is 3.24. The number of ether oxygens (including phenoxy) is 1. The number of methoxy groups -OCH3 is 1. The van der Waals surface area contributed by atoms with Crippen LogP contribution in [-0.2, 0) is 5.41 Å². The summed E-state index contributed by atoms with van der Waals surface area (Å²) in [6, 6.07) is 8.36. The predicted molar refractivity (Wildman–Crippen MR) is 75.2 cm³/mol. The van der Waals surface area contributed by atoms with Crippen molar-refractivity contribution in [1.82, 2.24) is 10.6 Å². The van der Waals surface area contributed by atoms with Crippen LogP contribution < -0.4 is 15.4 Å². The van der Waals surface area contributed by atoms with Gasteiger partial charge in [0.05, 0.1) is 7.11 Å². The van der Waals surface area contributed by atoms with Gasteiger partial charge in [0.15, 0.2) is 0 Å². The lowest BCUT2D eigenvalue weighted by Crippen LogP contribution is -2.48. The first-order chi connectivity index (χ1) is 8.62. The highest BCUT2D eigenvalue weighted by atomic mass is 16.5. The lowest BCUT2D eigenvalue weighted by Gasteiger charge is -2.31. The van der Waals surface area contributed by atoms with Crippen LogP contribution in [0, 0.1) is 5.92 Å². The lowest BCUT2D eigenvalue weighted by molar-refractivity contribution is 0.319. The first-order valence-corrected chi connectivity index (χ1v) is 6.68. The van der Waals surface area contributed by atoms with Gasteiger partial charge in [-0.25, -0.2) is 0 Å². The van der Waals surface area contributed by atoms with Gasteiger partial charge in [0, 0.05) is 31.6 Å². The molecule has 18 heavy (non-hydrogen) atoms. The molecule has 1 heterocycles. The largest absolute Gasteiger partial charge is 0.497 e. The fraction of sp³-hybridized carbons (Fsp3) is 0.600. The molecule has 0 unspecified atom stereocenters. The summed E-state index contributed by atoms with van der Waals surface area (Å²) < 4.78 is 5.29. The third-order valence-corrected chi connectivity index (χ3v) is 3.72. The second-order valence-electron chi connectivity index (χ2n) is 5.77. The molecule has 0 aromatic heterocycles. The maximum Gasteiger partial charge on any atom is 0.119 e. The SMILES string of the molecule is COc1cccc(C(C)(C)CNCC2CNC2)c1. The third-order valence-electron chi connectivity index (χ3n) is 3.72. The van der Waals surface area contributed by atoms with Crippen molar-refractivity contribution in [2.75, 3.05) is 33.3 Å². The van der Waals surface area contributed by atoms with Crippen molar-refractivity contribution in [2.24, 2.45) is 5.92 Å². The second kappa shape index (κ2) is 5.72. The van der Waals surface area contributed by atoms with E-state index in [0.717, 1.165) is 37.8 Å². The fourth-order valence-corrected chi connectivity index (χ4v) is 2.23. The van der Waals surface area contributed by atoms with Gasteiger partial charge in [0.25, 0.3) is 0 Å². The van der Waals surface area contributed by atoms with Crippen LogP contribution in [0.1, 0.15) is 19.4 Å². The first kappa shape index (κ1) is 13.4. The quantitative estimate of drug-likeness (QED) is 0.805. The standard InChI is InChI=1S/C15H24N2O/c1-15(2,11-17-10-12-8-16-9-12)13-5-4-6-14(7-13)18-3/h4-7,12,16-17H,8-11H2,1-3H3. The second-order valence-corrected chi connectivity index (χ2v) is 5.77. The molecular weight excluding hydrogens is 224 g/mol. The maximum atomic E-state index is 5.29. The van der Waals surface area contributed by atoms with E-state index in [0.29, 0.717) is 0 Å². The van der Waals surface area contributed by atoms with E-state index in [-0.39, 0.29) is 5.41 Å². The Bertz CT molecular complexity index is 386. The molecule has 0 spiro atoms. The van der Waals surface area contributed by atoms with E-state index >= 15 is 0 Å². The Morgan fingerprint density at radius 1 is 1.39 bits per heavy atom. The van der Waals surface area contributed by atoms with Crippen LogP contribution in [0.15, 0.2) is 24.3 Å². The summed E-state index contributed by atoms with van der Waals surface area (Å²) in [4.78, 5) is 0. The van der Waals surface area contributed by atoms with Crippen LogP contribution in [0.2, 0.25) is 0 Å². The minimum absolute atomic E-state index is 0.131. The fourth-order valence-electron chi connectivity index (χ4n) is 2.23. The summed E-state index contributed by atoms with van der Waals surface area (Å²) in [6.45, 7) is 8.97. The van der Waals surface area contributed by atoms with Crippen molar-refractivity contribution in [2.45, 2.75) is 19.3 Å². The Hall–Kier alpha value is -1.06. The molecule has 1 aromatic rings. The van der Waals surface area contributed by atoms with Crippen molar-refractivity contribution >= 4 is 0 Å². The van der Waals surface area contributed by atoms with E-state index < -0.39 is 0 Å². The Kier molecular flexibility index (Phi) is 4.25. The molecule has 0 saturated carbocycles. The van der Waals surface area contributed by atoms with Crippen molar-refractivity contribution in [3.8, 4) is 5.75 Å². The van der Waals surface area contributed by atoms with Gasteiger partial charge >= 0.3 is 0 Å². The molecule has 1 aliphatic rings. The minimum Gasteiger partial charge on any atom is -0.497 e. The molecule has 1 aliphatic heterocycles. The highest BCUT2D eigenvalue weighted by Crippen LogP contribution is 2.25. The summed E-state index contributed by atoms with van der Waals surface area (Å²) in [6.07, 6.45) is 0. The molecule has 100 valence electrons. The number of rotatable bonds is 6. The maximum absolute atomic E-state index is 5.29. The smallest absolute Gasteiger partial charge is 0.119 e. The zero-order chi connectivity index (χ0) is 13.0. The van der Waals surface area contributed by atoms with E-state index in [1.807, 2.05) is 6.07 Å². The Labute approximate surface area is 110 Å². The predicted octanol–water partition coefficient (Wildman–Crippen LogP) is 1.78. The van der Waals surface area contributed by atoms with Gasteiger partial charge in [-0.1, -0.05) is 26.0 Å². The summed E-state index contributed by atoms with van der Waals surface area (Å²) in [5.41, 5.74) is 1.45. The summed E-state index contributed by atoms with van der Waals surface area (Å²) in [5, 5.41) is 6.88. The van der Waals surface area contributed by atoms with E-state index in [1.165, 1.54) is 5.56 Å². The van der Waals surface area contributed by atoms with Crippen molar-refractivity contribution in [1.29, 1.82) is 0 Å².